The molecule has 0 radical (unpaired) electrons. The smallest absolute Gasteiger partial charge is 0.141 e. The fraction of sp³-hybridized carbons (Fsp3) is 0.200. The Hall–Kier alpha value is -2.86. The van der Waals surface area contributed by atoms with Crippen molar-refractivity contribution in [1.82, 2.24) is 9.97 Å². The number of aryl methyl sites for hydroxylation is 2. The molecule has 1 aromatic heterocycles. The van der Waals surface area contributed by atoms with Crippen LogP contribution in [0.25, 0.3) is 10.9 Å². The molecule has 0 aliphatic carbocycles. The Balaban J connectivity index is 2.08. The Morgan fingerprint density at radius 3 is 2.57 bits per heavy atom. The molecule has 0 fully saturated rings. The van der Waals surface area contributed by atoms with Crippen LogP contribution >= 0.6 is 0 Å². The average Bonchev–Trinajstić information content (AvgIpc) is 2.61. The molecule has 0 amide bonds. The van der Waals surface area contributed by atoms with Gasteiger partial charge in [0.25, 0.3) is 0 Å². The molecule has 3 aromatic rings. The van der Waals surface area contributed by atoms with Gasteiger partial charge in [-0.05, 0) is 54.3 Å². The van der Waals surface area contributed by atoms with E-state index in [1.807, 2.05) is 24.3 Å². The highest BCUT2D eigenvalue weighted by atomic mass is 15.0. The summed E-state index contributed by atoms with van der Waals surface area (Å²) in [5.41, 5.74) is 5.42. The maximum absolute atomic E-state index is 5.47. The number of hydrogen-bond acceptors (Lipinski definition) is 3. The second-order valence-electron chi connectivity index (χ2n) is 5.42. The van der Waals surface area contributed by atoms with Crippen LogP contribution in [0.2, 0.25) is 0 Å². The summed E-state index contributed by atoms with van der Waals surface area (Å²) in [6.45, 7) is 4.35. The van der Waals surface area contributed by atoms with E-state index in [4.69, 9.17) is 6.42 Å². The van der Waals surface area contributed by atoms with Crippen molar-refractivity contribution in [2.75, 3.05) is 5.32 Å². The van der Waals surface area contributed by atoms with Gasteiger partial charge in [-0.2, -0.15) is 0 Å². The Bertz CT molecular complexity index is 891. The highest BCUT2D eigenvalue weighted by Gasteiger charge is 2.08. The normalized spacial score (nSPS) is 10.5. The molecule has 0 atom stereocenters. The number of benzene rings is 2. The lowest BCUT2D eigenvalue weighted by Gasteiger charge is -2.12. The fourth-order valence-corrected chi connectivity index (χ4v) is 2.77. The maximum atomic E-state index is 5.47. The van der Waals surface area contributed by atoms with Gasteiger partial charge in [0.15, 0.2) is 0 Å². The first-order chi connectivity index (χ1) is 11.2. The number of hydrogen-bond donors (Lipinski definition) is 1. The Labute approximate surface area is 136 Å². The topological polar surface area (TPSA) is 37.8 Å². The summed E-state index contributed by atoms with van der Waals surface area (Å²) in [7, 11) is 0. The number of nitrogens with one attached hydrogen (secondary N) is 1. The van der Waals surface area contributed by atoms with Gasteiger partial charge >= 0.3 is 0 Å². The minimum Gasteiger partial charge on any atom is -0.340 e. The standard InChI is InChI=1S/C20H19N3/c1-4-14-8-7-9-17(10-14)23-20-18-11-15(5-2)16(6-3)12-19(18)21-13-22-20/h1,7-13H,5-6H2,2-3H3,(H,21,22,23). The maximum Gasteiger partial charge on any atom is 0.141 e. The predicted octanol–water partition coefficient (Wildman–Crippen LogP) is 4.48. The van der Waals surface area contributed by atoms with Gasteiger partial charge in [0, 0.05) is 16.6 Å². The van der Waals surface area contributed by atoms with Crippen LogP contribution in [0, 0.1) is 12.3 Å². The summed E-state index contributed by atoms with van der Waals surface area (Å²) in [4.78, 5) is 8.83. The second kappa shape index (κ2) is 6.50. The fourth-order valence-electron chi connectivity index (χ4n) is 2.77. The lowest BCUT2D eigenvalue weighted by molar-refractivity contribution is 1.04. The predicted molar refractivity (Wildman–Crippen MR) is 96.0 cm³/mol. The SMILES string of the molecule is C#Cc1cccc(Nc2ncnc3cc(CC)c(CC)cc23)c1. The molecule has 3 heteroatoms. The lowest BCUT2D eigenvalue weighted by atomic mass is 10.00. The third-order valence-corrected chi connectivity index (χ3v) is 4.01. The minimum absolute atomic E-state index is 0.807. The Morgan fingerprint density at radius 1 is 1.04 bits per heavy atom. The van der Waals surface area contributed by atoms with Crippen LogP contribution in [-0.2, 0) is 12.8 Å². The summed E-state index contributed by atoms with van der Waals surface area (Å²) in [6.07, 6.45) is 9.08. The molecule has 1 heterocycles. The van der Waals surface area contributed by atoms with E-state index in [1.165, 1.54) is 11.1 Å². The molecule has 0 saturated heterocycles. The van der Waals surface area contributed by atoms with Crippen molar-refractivity contribution < 1.29 is 0 Å². The first-order valence-corrected chi connectivity index (χ1v) is 7.85. The molecule has 3 nitrogen and oxygen atoms in total. The van der Waals surface area contributed by atoms with E-state index < -0.39 is 0 Å². The monoisotopic (exact) mass is 301 g/mol. The zero-order valence-corrected chi connectivity index (χ0v) is 13.4. The van der Waals surface area contributed by atoms with Crippen LogP contribution in [0.3, 0.4) is 0 Å². The van der Waals surface area contributed by atoms with Crippen LogP contribution in [0.15, 0.2) is 42.7 Å². The summed E-state index contributed by atoms with van der Waals surface area (Å²) in [5, 5.41) is 4.40. The van der Waals surface area contributed by atoms with Crippen molar-refractivity contribution in [3.8, 4) is 12.3 Å². The van der Waals surface area contributed by atoms with E-state index in [2.05, 4.69) is 47.2 Å². The summed E-state index contributed by atoms with van der Waals surface area (Å²) >= 11 is 0. The molecule has 2 aromatic carbocycles. The number of nitrogens with zero attached hydrogens (tertiary/aromatic N) is 2. The first kappa shape index (κ1) is 15.1. The van der Waals surface area contributed by atoms with Crippen molar-refractivity contribution >= 4 is 22.4 Å². The molecule has 3 rings (SSSR count). The number of rotatable bonds is 4. The summed E-state index contributed by atoms with van der Waals surface area (Å²) in [5.74, 6) is 3.46. The molecule has 0 aliphatic heterocycles. The van der Waals surface area contributed by atoms with Gasteiger partial charge in [-0.1, -0.05) is 25.8 Å². The van der Waals surface area contributed by atoms with Crippen LogP contribution in [0.1, 0.15) is 30.5 Å². The van der Waals surface area contributed by atoms with E-state index in [1.54, 1.807) is 6.33 Å². The van der Waals surface area contributed by atoms with Gasteiger partial charge in [0.2, 0.25) is 0 Å². The summed E-state index contributed by atoms with van der Waals surface area (Å²) < 4.78 is 0. The van der Waals surface area contributed by atoms with E-state index in [-0.39, 0.29) is 0 Å². The lowest BCUT2D eigenvalue weighted by Crippen LogP contribution is -1.99. The largest absolute Gasteiger partial charge is 0.340 e. The van der Waals surface area contributed by atoms with E-state index >= 15 is 0 Å². The van der Waals surface area contributed by atoms with Gasteiger partial charge < -0.3 is 5.32 Å². The second-order valence-corrected chi connectivity index (χ2v) is 5.42. The van der Waals surface area contributed by atoms with Crippen LogP contribution in [0.5, 0.6) is 0 Å². The van der Waals surface area contributed by atoms with Gasteiger partial charge in [-0.15, -0.1) is 6.42 Å². The quantitative estimate of drug-likeness (QED) is 0.722. The molecular formula is C20H19N3. The average molecular weight is 301 g/mol. The zero-order chi connectivity index (χ0) is 16.2. The van der Waals surface area contributed by atoms with Crippen LogP contribution in [0.4, 0.5) is 11.5 Å². The Kier molecular flexibility index (Phi) is 4.25. The third kappa shape index (κ3) is 3.02. The van der Waals surface area contributed by atoms with Crippen molar-refractivity contribution in [2.45, 2.75) is 26.7 Å². The number of anilines is 2. The molecule has 114 valence electrons. The van der Waals surface area contributed by atoms with Crippen LogP contribution < -0.4 is 5.32 Å². The van der Waals surface area contributed by atoms with Crippen molar-refractivity contribution in [2.24, 2.45) is 0 Å². The van der Waals surface area contributed by atoms with Crippen molar-refractivity contribution in [1.29, 1.82) is 0 Å². The molecule has 0 saturated carbocycles. The number of fused-ring (bicyclic) bond motifs is 1. The third-order valence-electron chi connectivity index (χ3n) is 4.01. The highest BCUT2D eigenvalue weighted by molar-refractivity contribution is 5.91. The van der Waals surface area contributed by atoms with E-state index in [0.29, 0.717) is 0 Å². The van der Waals surface area contributed by atoms with Gasteiger partial charge in [-0.3, -0.25) is 0 Å². The highest BCUT2D eigenvalue weighted by Crippen LogP contribution is 2.27. The molecule has 0 unspecified atom stereocenters. The molecule has 0 aliphatic rings. The molecular weight excluding hydrogens is 282 g/mol. The van der Waals surface area contributed by atoms with Crippen LogP contribution in [-0.4, -0.2) is 9.97 Å². The molecule has 23 heavy (non-hydrogen) atoms. The van der Waals surface area contributed by atoms with E-state index in [0.717, 1.165) is 40.8 Å². The summed E-state index contributed by atoms with van der Waals surface area (Å²) in [6, 6.07) is 12.1. The van der Waals surface area contributed by atoms with Crippen molar-refractivity contribution in [3.05, 3.63) is 59.4 Å². The molecule has 0 spiro atoms. The molecule has 0 bridgehead atoms. The van der Waals surface area contributed by atoms with Gasteiger partial charge in [-0.25, -0.2) is 9.97 Å². The number of terminal acetylenes is 1. The minimum atomic E-state index is 0.807. The Morgan fingerprint density at radius 2 is 1.83 bits per heavy atom. The number of aromatic nitrogens is 2. The molecule has 1 N–H and O–H groups in total. The first-order valence-electron chi connectivity index (χ1n) is 7.85. The van der Waals surface area contributed by atoms with E-state index in [9.17, 15) is 0 Å². The van der Waals surface area contributed by atoms with Gasteiger partial charge in [0.1, 0.15) is 12.1 Å². The van der Waals surface area contributed by atoms with Crippen molar-refractivity contribution in [3.63, 3.8) is 0 Å². The van der Waals surface area contributed by atoms with Gasteiger partial charge in [0.05, 0.1) is 5.52 Å². The zero-order valence-electron chi connectivity index (χ0n) is 13.4.